The zero-order valence-corrected chi connectivity index (χ0v) is 5.37. The molecule has 9 heavy (non-hydrogen) atoms. The van der Waals surface area contributed by atoms with Crippen molar-refractivity contribution in [3.05, 3.63) is 36.4 Å². The molecule has 0 aliphatic rings. The van der Waals surface area contributed by atoms with Gasteiger partial charge in [-0.15, -0.1) is 0 Å². The molecule has 0 saturated heterocycles. The predicted molar refractivity (Wildman–Crippen MR) is 42.2 cm³/mol. The Morgan fingerprint density at radius 3 is 0.889 bits per heavy atom. The minimum Gasteiger partial charge on any atom is -0.279 e. The average molecular weight is 142 g/mol. The topological polar surface area (TPSA) is 17.1 Å². The summed E-state index contributed by atoms with van der Waals surface area (Å²) in [4.78, 5) is 0. The van der Waals surface area contributed by atoms with E-state index in [2.05, 4.69) is 0 Å². The number of hydrogen-bond donors (Lipinski definition) is 0. The van der Waals surface area contributed by atoms with Gasteiger partial charge in [0.05, 0.1) is 0 Å². The van der Waals surface area contributed by atoms with E-state index in [1.807, 2.05) is 36.4 Å². The van der Waals surface area contributed by atoms with E-state index in [0.29, 0.717) is 0 Å². The van der Waals surface area contributed by atoms with Crippen LogP contribution in [0, 0.1) is 0 Å². The molecule has 0 bridgehead atoms. The fourth-order valence-corrected chi connectivity index (χ4v) is 0.385. The van der Waals surface area contributed by atoms with Crippen LogP contribution in [0.3, 0.4) is 0 Å². The van der Waals surface area contributed by atoms with Crippen LogP contribution in [0.2, 0.25) is 0 Å². The molecule has 50 valence electrons. The largest absolute Gasteiger partial charge is 0.279 e. The lowest BCUT2D eigenvalue weighted by Gasteiger charge is -1.69. The highest BCUT2D eigenvalue weighted by atomic mass is 31.0. The van der Waals surface area contributed by atoms with Crippen LogP contribution >= 0.6 is 9.12 Å². The van der Waals surface area contributed by atoms with Gasteiger partial charge in [0.15, 0.2) is 0 Å². The van der Waals surface area contributed by atoms with E-state index in [0.717, 1.165) is 0 Å². The van der Waals surface area contributed by atoms with Gasteiger partial charge in [-0.3, -0.25) is 4.57 Å². The van der Waals surface area contributed by atoms with E-state index in [1.165, 1.54) is 0 Å². The minimum absolute atomic E-state index is 0. The molecule has 0 spiro atoms. The van der Waals surface area contributed by atoms with E-state index < -0.39 is 0 Å². The van der Waals surface area contributed by atoms with Gasteiger partial charge in [-0.1, -0.05) is 43.8 Å². The summed E-state index contributed by atoms with van der Waals surface area (Å²) in [5.74, 6) is 0. The van der Waals surface area contributed by atoms with Crippen LogP contribution in [0.25, 0.3) is 0 Å². The molecule has 0 amide bonds. The fraction of sp³-hybridized carbons (Fsp3) is 0.143. The van der Waals surface area contributed by atoms with Crippen LogP contribution in [-0.4, -0.2) is 0 Å². The maximum atomic E-state index is 8.06. The van der Waals surface area contributed by atoms with Gasteiger partial charge in [0.2, 0.25) is 0 Å². The molecule has 0 atom stereocenters. The summed E-state index contributed by atoms with van der Waals surface area (Å²) in [6.07, 6.45) is 0. The van der Waals surface area contributed by atoms with Crippen LogP contribution in [0.15, 0.2) is 36.4 Å². The molecule has 0 N–H and O–H groups in total. The van der Waals surface area contributed by atoms with Gasteiger partial charge in [-0.25, -0.2) is 0 Å². The fourth-order valence-electron chi connectivity index (χ4n) is 0.385. The molecule has 1 nitrogen and oxygen atoms in total. The first-order valence-corrected chi connectivity index (χ1v) is 2.61. The molecule has 0 unspecified atom stereocenters. The minimum atomic E-state index is 0. The third-order valence-corrected chi connectivity index (χ3v) is 0.667. The van der Waals surface area contributed by atoms with Crippen LogP contribution in [0.5, 0.6) is 0 Å². The molecule has 0 radical (unpaired) electrons. The summed E-state index contributed by atoms with van der Waals surface area (Å²) >= 11 is 0. The second kappa shape index (κ2) is 10.3. The lowest BCUT2D eigenvalue weighted by Crippen LogP contribution is -1.47. The van der Waals surface area contributed by atoms with Gasteiger partial charge in [0, 0.05) is 0 Å². The SMILES string of the molecule is C.O=P.c1ccccc1. The summed E-state index contributed by atoms with van der Waals surface area (Å²) < 4.78 is 8.06. The van der Waals surface area contributed by atoms with Crippen molar-refractivity contribution in [1.82, 2.24) is 0 Å². The normalized spacial score (nSPS) is 5.78. The van der Waals surface area contributed by atoms with Gasteiger partial charge >= 0.3 is 0 Å². The number of hydrogen-bond acceptors (Lipinski definition) is 1. The Morgan fingerprint density at radius 2 is 0.778 bits per heavy atom. The summed E-state index contributed by atoms with van der Waals surface area (Å²) in [6.45, 7) is 0. The molecule has 1 aromatic carbocycles. The Kier molecular flexibility index (Phi) is 12.8. The van der Waals surface area contributed by atoms with Crippen LogP contribution < -0.4 is 0 Å². The van der Waals surface area contributed by atoms with Gasteiger partial charge in [-0.2, -0.15) is 0 Å². The molecule has 0 saturated carbocycles. The number of benzene rings is 1. The van der Waals surface area contributed by atoms with E-state index in [4.69, 9.17) is 4.57 Å². The maximum Gasteiger partial charge on any atom is 0.138 e. The van der Waals surface area contributed by atoms with E-state index in [-0.39, 0.29) is 7.43 Å². The highest BCUT2D eigenvalue weighted by molar-refractivity contribution is 7.00. The Morgan fingerprint density at radius 1 is 0.667 bits per heavy atom. The van der Waals surface area contributed by atoms with Crippen molar-refractivity contribution in [2.75, 3.05) is 0 Å². The van der Waals surface area contributed by atoms with Crippen molar-refractivity contribution in [3.8, 4) is 0 Å². The molecular weight excluding hydrogens is 131 g/mol. The standard InChI is InChI=1S/C6H6.CH4.HOP/c1-2-4-6-5-3-1;;1-2/h1-6H;1H4;2H. The van der Waals surface area contributed by atoms with Gasteiger partial charge in [0.25, 0.3) is 0 Å². The molecular formula is C7H11OP. The van der Waals surface area contributed by atoms with Crippen molar-refractivity contribution < 1.29 is 4.57 Å². The Labute approximate surface area is 58.3 Å². The summed E-state index contributed by atoms with van der Waals surface area (Å²) in [7, 11) is 1.72. The highest BCUT2D eigenvalue weighted by Crippen LogP contribution is 1.79. The Balaban J connectivity index is 0. The quantitative estimate of drug-likeness (QED) is 0.509. The lowest BCUT2D eigenvalue weighted by atomic mass is 10.4. The van der Waals surface area contributed by atoms with Crippen molar-refractivity contribution >= 4 is 9.12 Å². The monoisotopic (exact) mass is 142 g/mol. The van der Waals surface area contributed by atoms with Gasteiger partial charge < -0.3 is 0 Å². The Hall–Kier alpha value is -0.680. The average Bonchev–Trinajstić information content (AvgIpc) is 1.96. The predicted octanol–water partition coefficient (Wildman–Crippen LogP) is 2.80. The number of rotatable bonds is 0. The zero-order valence-electron chi connectivity index (χ0n) is 4.37. The molecule has 0 aliphatic carbocycles. The van der Waals surface area contributed by atoms with Crippen molar-refractivity contribution in [2.45, 2.75) is 7.43 Å². The summed E-state index contributed by atoms with van der Waals surface area (Å²) in [6, 6.07) is 12.0. The Bertz CT molecular complexity index is 91.8. The van der Waals surface area contributed by atoms with Crippen molar-refractivity contribution in [2.24, 2.45) is 0 Å². The molecule has 0 aliphatic heterocycles. The first-order chi connectivity index (χ1) is 4.00. The van der Waals surface area contributed by atoms with Crippen molar-refractivity contribution in [1.29, 1.82) is 0 Å². The first-order valence-electron chi connectivity index (χ1n) is 2.20. The second-order valence-corrected chi connectivity index (χ2v) is 1.15. The van der Waals surface area contributed by atoms with Crippen molar-refractivity contribution in [3.63, 3.8) is 0 Å². The molecule has 0 heterocycles. The van der Waals surface area contributed by atoms with Gasteiger partial charge in [0.1, 0.15) is 9.12 Å². The lowest BCUT2D eigenvalue weighted by molar-refractivity contribution is 0.607. The molecule has 1 rings (SSSR count). The molecule has 0 aromatic heterocycles. The summed E-state index contributed by atoms with van der Waals surface area (Å²) in [5, 5.41) is 0. The van der Waals surface area contributed by atoms with E-state index in [9.17, 15) is 0 Å². The zero-order chi connectivity index (χ0) is 6.24. The van der Waals surface area contributed by atoms with E-state index in [1.54, 1.807) is 9.12 Å². The van der Waals surface area contributed by atoms with Gasteiger partial charge in [-0.05, 0) is 0 Å². The van der Waals surface area contributed by atoms with Crippen LogP contribution in [-0.2, 0) is 4.57 Å². The maximum absolute atomic E-state index is 8.06. The third-order valence-electron chi connectivity index (χ3n) is 0.667. The highest BCUT2D eigenvalue weighted by Gasteiger charge is 1.57. The van der Waals surface area contributed by atoms with Crippen LogP contribution in [0.1, 0.15) is 7.43 Å². The first kappa shape index (κ1) is 11.2. The van der Waals surface area contributed by atoms with E-state index >= 15 is 0 Å². The molecule has 0 fully saturated rings. The smallest absolute Gasteiger partial charge is 0.138 e. The third kappa shape index (κ3) is 7.32. The molecule has 1 aromatic rings. The second-order valence-electron chi connectivity index (χ2n) is 1.15. The van der Waals surface area contributed by atoms with Crippen LogP contribution in [0.4, 0.5) is 0 Å². The molecule has 2 heteroatoms. The summed E-state index contributed by atoms with van der Waals surface area (Å²) in [5.41, 5.74) is 0.